The molecule has 0 atom stereocenters. The predicted octanol–water partition coefficient (Wildman–Crippen LogP) is 3.70. The predicted molar refractivity (Wildman–Crippen MR) is 103 cm³/mol. The second kappa shape index (κ2) is 7.95. The van der Waals surface area contributed by atoms with Crippen molar-refractivity contribution >= 4 is 11.6 Å². The lowest BCUT2D eigenvalue weighted by atomic mass is 10.1. The molecule has 0 aliphatic carbocycles. The van der Waals surface area contributed by atoms with Crippen molar-refractivity contribution in [2.45, 2.75) is 26.8 Å². The first-order chi connectivity index (χ1) is 12.9. The van der Waals surface area contributed by atoms with Gasteiger partial charge in [0.05, 0.1) is 0 Å². The Morgan fingerprint density at radius 3 is 2.22 bits per heavy atom. The van der Waals surface area contributed by atoms with E-state index in [0.717, 1.165) is 16.8 Å². The van der Waals surface area contributed by atoms with E-state index in [1.807, 2.05) is 25.1 Å². The van der Waals surface area contributed by atoms with E-state index in [4.69, 9.17) is 0 Å². The van der Waals surface area contributed by atoms with Crippen LogP contribution in [0.4, 0.5) is 10.1 Å². The van der Waals surface area contributed by atoms with Crippen LogP contribution < -0.4 is 11.0 Å². The summed E-state index contributed by atoms with van der Waals surface area (Å²) in [6, 6.07) is 15.4. The number of aromatic nitrogens is 2. The Morgan fingerprint density at radius 1 is 1.04 bits per heavy atom. The maximum Gasteiger partial charge on any atom is 0.347 e. The molecule has 6 heteroatoms. The Kier molecular flexibility index (Phi) is 5.45. The molecular formula is C21H20FN3O2. The lowest BCUT2D eigenvalue weighted by Gasteiger charge is -2.10. The first kappa shape index (κ1) is 18.5. The summed E-state index contributed by atoms with van der Waals surface area (Å²) < 4.78 is 14.5. The third-order valence-corrected chi connectivity index (χ3v) is 4.26. The van der Waals surface area contributed by atoms with Gasteiger partial charge in [-0.1, -0.05) is 24.3 Å². The summed E-state index contributed by atoms with van der Waals surface area (Å²) in [5, 5.41) is 2.82. The molecule has 0 saturated heterocycles. The molecule has 3 rings (SSSR count). The summed E-state index contributed by atoms with van der Waals surface area (Å²) in [7, 11) is 0. The van der Waals surface area contributed by atoms with Crippen LogP contribution in [0.1, 0.15) is 17.8 Å². The molecule has 5 nitrogen and oxygen atoms in total. The minimum Gasteiger partial charge on any atom is -0.326 e. The van der Waals surface area contributed by atoms with Gasteiger partial charge in [0, 0.05) is 30.0 Å². The summed E-state index contributed by atoms with van der Waals surface area (Å²) in [6.45, 7) is 3.86. The van der Waals surface area contributed by atoms with E-state index >= 15 is 0 Å². The minimum atomic E-state index is -0.344. The average molecular weight is 365 g/mol. The first-order valence-corrected chi connectivity index (χ1v) is 8.63. The molecule has 0 unspecified atom stereocenters. The summed E-state index contributed by atoms with van der Waals surface area (Å²) >= 11 is 0. The first-order valence-electron chi connectivity index (χ1n) is 8.63. The lowest BCUT2D eigenvalue weighted by Crippen LogP contribution is -2.27. The molecule has 0 saturated carbocycles. The van der Waals surface area contributed by atoms with E-state index in [1.165, 1.54) is 16.7 Å². The van der Waals surface area contributed by atoms with Crippen molar-refractivity contribution in [2.75, 3.05) is 5.32 Å². The Balaban J connectivity index is 1.61. The standard InChI is InChI=1S/C21H20FN3O2/c1-14-13-15(2)25(21(27)23-14)12-11-20(26)24-19-9-5-17(6-10-19)16-3-7-18(22)8-4-16/h3-10,13H,11-12H2,1-2H3,(H,24,26). The number of hydrogen-bond donors (Lipinski definition) is 1. The summed E-state index contributed by atoms with van der Waals surface area (Å²) in [5.41, 5.74) is 3.60. The highest BCUT2D eigenvalue weighted by atomic mass is 19.1. The van der Waals surface area contributed by atoms with Crippen LogP contribution in [0.25, 0.3) is 11.1 Å². The number of halogens is 1. The van der Waals surface area contributed by atoms with Crippen LogP contribution >= 0.6 is 0 Å². The normalized spacial score (nSPS) is 10.6. The van der Waals surface area contributed by atoms with Gasteiger partial charge in [0.2, 0.25) is 5.91 Å². The van der Waals surface area contributed by atoms with Gasteiger partial charge in [0.15, 0.2) is 0 Å². The Bertz CT molecular complexity index is 1010. The van der Waals surface area contributed by atoms with E-state index in [-0.39, 0.29) is 30.4 Å². The molecule has 3 aromatic rings. The number of anilines is 1. The highest BCUT2D eigenvalue weighted by Gasteiger charge is 2.07. The Labute approximate surface area is 156 Å². The van der Waals surface area contributed by atoms with Crippen molar-refractivity contribution in [1.82, 2.24) is 9.55 Å². The number of amides is 1. The number of carbonyl (C=O) groups is 1. The van der Waals surface area contributed by atoms with Crippen molar-refractivity contribution in [3.63, 3.8) is 0 Å². The van der Waals surface area contributed by atoms with Crippen LogP contribution in [0.15, 0.2) is 59.4 Å². The fraction of sp³-hybridized carbons (Fsp3) is 0.190. The van der Waals surface area contributed by atoms with Crippen LogP contribution in [0, 0.1) is 19.7 Å². The molecule has 1 N–H and O–H groups in total. The number of carbonyl (C=O) groups excluding carboxylic acids is 1. The third kappa shape index (κ3) is 4.67. The highest BCUT2D eigenvalue weighted by Crippen LogP contribution is 2.21. The Hall–Kier alpha value is -3.28. The van der Waals surface area contributed by atoms with E-state index < -0.39 is 0 Å². The van der Waals surface area contributed by atoms with Crippen molar-refractivity contribution in [2.24, 2.45) is 0 Å². The molecule has 138 valence electrons. The summed E-state index contributed by atoms with van der Waals surface area (Å²) in [4.78, 5) is 28.0. The zero-order valence-electron chi connectivity index (χ0n) is 15.2. The Morgan fingerprint density at radius 2 is 1.63 bits per heavy atom. The van der Waals surface area contributed by atoms with Crippen LogP contribution in [-0.4, -0.2) is 15.5 Å². The molecule has 0 bridgehead atoms. The van der Waals surface area contributed by atoms with Gasteiger partial charge in [-0.3, -0.25) is 9.36 Å². The number of aryl methyl sites for hydroxylation is 2. The molecule has 2 aromatic carbocycles. The molecule has 0 fully saturated rings. The fourth-order valence-electron chi connectivity index (χ4n) is 2.87. The maximum absolute atomic E-state index is 13.0. The van der Waals surface area contributed by atoms with Gasteiger partial charge in [0.25, 0.3) is 0 Å². The van der Waals surface area contributed by atoms with E-state index in [1.54, 1.807) is 31.2 Å². The molecule has 1 heterocycles. The van der Waals surface area contributed by atoms with Gasteiger partial charge in [-0.25, -0.2) is 9.18 Å². The molecule has 0 radical (unpaired) electrons. The number of rotatable bonds is 5. The minimum absolute atomic E-state index is 0.172. The van der Waals surface area contributed by atoms with Gasteiger partial charge in [-0.05, 0) is 55.3 Å². The topological polar surface area (TPSA) is 64.0 Å². The number of nitrogens with one attached hydrogen (secondary N) is 1. The SMILES string of the molecule is Cc1cc(C)n(CCC(=O)Nc2ccc(-c3ccc(F)cc3)cc2)c(=O)n1. The largest absolute Gasteiger partial charge is 0.347 e. The second-order valence-corrected chi connectivity index (χ2v) is 6.36. The zero-order valence-corrected chi connectivity index (χ0v) is 15.2. The van der Waals surface area contributed by atoms with Gasteiger partial charge in [-0.15, -0.1) is 0 Å². The summed E-state index contributed by atoms with van der Waals surface area (Å²) in [6.07, 6.45) is 0.172. The number of benzene rings is 2. The molecule has 1 amide bonds. The second-order valence-electron chi connectivity index (χ2n) is 6.36. The van der Waals surface area contributed by atoms with Crippen LogP contribution in [0.3, 0.4) is 0 Å². The maximum atomic E-state index is 13.0. The molecule has 0 aliphatic rings. The fourth-order valence-corrected chi connectivity index (χ4v) is 2.87. The van der Waals surface area contributed by atoms with E-state index in [9.17, 15) is 14.0 Å². The summed E-state index contributed by atoms with van der Waals surface area (Å²) in [5.74, 6) is -0.461. The number of nitrogens with zero attached hydrogens (tertiary/aromatic N) is 2. The molecule has 1 aromatic heterocycles. The van der Waals surface area contributed by atoms with Crippen molar-refractivity contribution in [1.29, 1.82) is 0 Å². The van der Waals surface area contributed by atoms with Gasteiger partial charge < -0.3 is 5.32 Å². The molecule has 27 heavy (non-hydrogen) atoms. The highest BCUT2D eigenvalue weighted by molar-refractivity contribution is 5.90. The van der Waals surface area contributed by atoms with Crippen LogP contribution in [0.2, 0.25) is 0 Å². The molecule has 0 spiro atoms. The van der Waals surface area contributed by atoms with Crippen LogP contribution in [-0.2, 0) is 11.3 Å². The monoisotopic (exact) mass is 365 g/mol. The van der Waals surface area contributed by atoms with Crippen molar-refractivity contribution in [3.8, 4) is 11.1 Å². The number of hydrogen-bond acceptors (Lipinski definition) is 3. The van der Waals surface area contributed by atoms with E-state index in [2.05, 4.69) is 10.3 Å². The van der Waals surface area contributed by atoms with Crippen molar-refractivity contribution < 1.29 is 9.18 Å². The van der Waals surface area contributed by atoms with Gasteiger partial charge in [-0.2, -0.15) is 4.98 Å². The van der Waals surface area contributed by atoms with Gasteiger partial charge >= 0.3 is 5.69 Å². The lowest BCUT2D eigenvalue weighted by molar-refractivity contribution is -0.116. The van der Waals surface area contributed by atoms with Crippen molar-refractivity contribution in [3.05, 3.63) is 82.3 Å². The van der Waals surface area contributed by atoms with E-state index in [0.29, 0.717) is 11.4 Å². The van der Waals surface area contributed by atoms with Crippen LogP contribution in [0.5, 0.6) is 0 Å². The zero-order chi connectivity index (χ0) is 19.4. The van der Waals surface area contributed by atoms with Gasteiger partial charge in [0.1, 0.15) is 5.82 Å². The molecule has 0 aliphatic heterocycles. The quantitative estimate of drug-likeness (QED) is 0.750. The third-order valence-electron chi connectivity index (χ3n) is 4.26. The average Bonchev–Trinajstić information content (AvgIpc) is 2.62. The smallest absolute Gasteiger partial charge is 0.326 e. The molecular weight excluding hydrogens is 345 g/mol.